The van der Waals surface area contributed by atoms with E-state index < -0.39 is 8.07 Å². The Morgan fingerprint density at radius 3 is 1.33 bits per heavy atom. The Morgan fingerprint density at radius 1 is 0.667 bits per heavy atom. The third-order valence-corrected chi connectivity index (χ3v) is 13.6. The maximum absolute atomic E-state index is 11.8. The first-order valence-electron chi connectivity index (χ1n) is 12.7. The highest BCUT2D eigenvalue weighted by atomic mass is 28.3. The molecule has 36 heavy (non-hydrogen) atoms. The molecule has 0 radical (unpaired) electrons. The van der Waals surface area contributed by atoms with E-state index in [2.05, 4.69) is 53.0 Å². The number of carbonyl (C=O) groups excluding carboxylic acids is 2. The minimum atomic E-state index is -1.90. The minimum absolute atomic E-state index is 0.0396. The molecule has 3 nitrogen and oxygen atoms in total. The summed E-state index contributed by atoms with van der Waals surface area (Å²) in [7, 11) is -1.90. The second-order valence-electron chi connectivity index (χ2n) is 10.5. The van der Waals surface area contributed by atoms with Crippen LogP contribution in [0.15, 0.2) is 60.7 Å². The van der Waals surface area contributed by atoms with Gasteiger partial charge in [0.05, 0.1) is 11.4 Å². The normalized spacial score (nSPS) is 11.5. The summed E-state index contributed by atoms with van der Waals surface area (Å²) in [5, 5.41) is 0. The molecule has 186 valence electrons. The number of benzene rings is 2. The Balaban J connectivity index is 2.19. The highest BCUT2D eigenvalue weighted by molar-refractivity contribution is 6.90. The summed E-state index contributed by atoms with van der Waals surface area (Å²) >= 11 is 0. The molecule has 1 heterocycles. The van der Waals surface area contributed by atoms with E-state index in [4.69, 9.17) is 4.98 Å². The Labute approximate surface area is 217 Å². The quantitative estimate of drug-likeness (QED) is 0.188. The van der Waals surface area contributed by atoms with Crippen LogP contribution in [-0.2, 0) is 0 Å². The van der Waals surface area contributed by atoms with E-state index in [-0.39, 0.29) is 11.6 Å². The van der Waals surface area contributed by atoms with E-state index in [1.807, 2.05) is 60.7 Å². The van der Waals surface area contributed by atoms with Crippen LogP contribution in [0.1, 0.15) is 81.7 Å². The van der Waals surface area contributed by atoms with Crippen LogP contribution in [0.4, 0.5) is 0 Å². The highest BCUT2D eigenvalue weighted by Gasteiger charge is 2.41. The third-order valence-electron chi connectivity index (χ3n) is 7.29. The molecule has 0 aliphatic heterocycles. The third kappa shape index (κ3) is 5.74. The van der Waals surface area contributed by atoms with Crippen molar-refractivity contribution in [2.45, 2.75) is 72.0 Å². The van der Waals surface area contributed by atoms with Crippen molar-refractivity contribution in [3.63, 3.8) is 0 Å². The number of hydrogen-bond donors (Lipinski definition) is 0. The maximum Gasteiger partial charge on any atom is 0.159 e. The molecule has 0 saturated carbocycles. The number of Topliss-reactive ketones (excluding diaryl/α,β-unsaturated/α-hetero) is 2. The molecule has 3 aromatic rings. The average molecular weight is 496 g/mol. The van der Waals surface area contributed by atoms with Gasteiger partial charge in [-0.1, -0.05) is 96.0 Å². The summed E-state index contributed by atoms with van der Waals surface area (Å²) in [4.78, 5) is 28.5. The molecular weight excluding hydrogens is 458 g/mol. The lowest BCUT2D eigenvalue weighted by molar-refractivity contribution is 0.100. The second kappa shape index (κ2) is 11.2. The van der Waals surface area contributed by atoms with Gasteiger partial charge < -0.3 is 0 Å². The van der Waals surface area contributed by atoms with Crippen LogP contribution >= 0.6 is 0 Å². The molecule has 0 amide bonds. The number of aromatic nitrogens is 1. The van der Waals surface area contributed by atoms with E-state index >= 15 is 0 Å². The van der Waals surface area contributed by atoms with Gasteiger partial charge in [0.15, 0.2) is 11.6 Å². The summed E-state index contributed by atoms with van der Waals surface area (Å²) in [6.45, 7) is 17.0. The van der Waals surface area contributed by atoms with Crippen molar-refractivity contribution in [1.29, 1.82) is 0 Å². The van der Waals surface area contributed by atoms with Crippen molar-refractivity contribution in [1.82, 2.24) is 4.98 Å². The van der Waals surface area contributed by atoms with E-state index in [0.29, 0.717) is 27.8 Å². The Morgan fingerprint density at radius 2 is 1.03 bits per heavy atom. The van der Waals surface area contributed by atoms with Gasteiger partial charge in [0, 0.05) is 27.8 Å². The predicted molar refractivity (Wildman–Crippen MR) is 153 cm³/mol. The monoisotopic (exact) mass is 495 g/mol. The summed E-state index contributed by atoms with van der Waals surface area (Å²) in [6, 6.07) is 19.2. The molecular formula is C32H37NO2Si. The van der Waals surface area contributed by atoms with E-state index in [9.17, 15) is 9.59 Å². The van der Waals surface area contributed by atoms with Crippen molar-refractivity contribution in [3.05, 3.63) is 77.4 Å². The van der Waals surface area contributed by atoms with Gasteiger partial charge in [0.2, 0.25) is 0 Å². The SMILES string of the molecule is CC(=O)c1ccc(-c2cc(C#C[Si](C(C)C)(C(C)C)C(C)C)cc(-c3ccc(C(C)=O)cc3)n2)cc1. The Kier molecular flexibility index (Phi) is 8.48. The Hall–Kier alpha value is -3.29. The molecule has 4 heteroatoms. The summed E-state index contributed by atoms with van der Waals surface area (Å²) in [5.74, 6) is 3.65. The zero-order chi connectivity index (χ0) is 26.6. The first-order chi connectivity index (χ1) is 17.0. The lowest BCUT2D eigenvalue weighted by Gasteiger charge is -2.38. The van der Waals surface area contributed by atoms with Crippen LogP contribution in [0.2, 0.25) is 16.6 Å². The number of nitrogens with zero attached hydrogens (tertiary/aromatic N) is 1. The fraction of sp³-hybridized carbons (Fsp3) is 0.344. The molecule has 0 saturated heterocycles. The van der Waals surface area contributed by atoms with E-state index in [0.717, 1.165) is 28.1 Å². The van der Waals surface area contributed by atoms with Crippen molar-refractivity contribution >= 4 is 19.6 Å². The smallest absolute Gasteiger partial charge is 0.159 e. The molecule has 0 aliphatic carbocycles. The predicted octanol–water partition coefficient (Wildman–Crippen LogP) is 8.39. The van der Waals surface area contributed by atoms with Gasteiger partial charge >= 0.3 is 0 Å². The van der Waals surface area contributed by atoms with Crippen LogP contribution in [0.25, 0.3) is 22.5 Å². The molecule has 1 aromatic heterocycles. The minimum Gasteiger partial charge on any atom is -0.295 e. The molecule has 0 bridgehead atoms. The molecule has 3 rings (SSSR count). The number of carbonyl (C=O) groups is 2. The fourth-order valence-corrected chi connectivity index (χ4v) is 10.5. The van der Waals surface area contributed by atoms with Gasteiger partial charge in [-0.25, -0.2) is 4.98 Å². The molecule has 0 N–H and O–H groups in total. The number of pyridine rings is 1. The van der Waals surface area contributed by atoms with Crippen molar-refractivity contribution in [2.24, 2.45) is 0 Å². The molecule has 0 atom stereocenters. The highest BCUT2D eigenvalue weighted by Crippen LogP contribution is 2.41. The molecule has 0 spiro atoms. The summed E-state index contributed by atoms with van der Waals surface area (Å²) in [6.07, 6.45) is 0. The number of hydrogen-bond acceptors (Lipinski definition) is 3. The van der Waals surface area contributed by atoms with Gasteiger partial charge in [-0.2, -0.15) is 0 Å². The van der Waals surface area contributed by atoms with Crippen LogP contribution in [0.5, 0.6) is 0 Å². The van der Waals surface area contributed by atoms with E-state index in [1.165, 1.54) is 0 Å². The summed E-state index contributed by atoms with van der Waals surface area (Å²) < 4.78 is 0. The molecule has 2 aromatic carbocycles. The van der Waals surface area contributed by atoms with Gasteiger partial charge in [0.1, 0.15) is 8.07 Å². The lowest BCUT2D eigenvalue weighted by Crippen LogP contribution is -2.43. The number of ketones is 2. The van der Waals surface area contributed by atoms with Crippen LogP contribution < -0.4 is 0 Å². The first-order valence-corrected chi connectivity index (χ1v) is 15.0. The first kappa shape index (κ1) is 27.3. The molecule has 0 unspecified atom stereocenters. The maximum atomic E-state index is 11.8. The average Bonchev–Trinajstić information content (AvgIpc) is 2.83. The van der Waals surface area contributed by atoms with Crippen LogP contribution in [0.3, 0.4) is 0 Å². The zero-order valence-electron chi connectivity index (χ0n) is 22.8. The molecule has 0 aliphatic rings. The Bertz CT molecular complexity index is 1210. The van der Waals surface area contributed by atoms with Gasteiger partial charge in [0.25, 0.3) is 0 Å². The standard InChI is InChI=1S/C32H37NO2Si/c1-21(2)36(22(3)4,23(5)6)18-17-26-19-31(29-13-9-27(10-14-29)24(7)34)33-32(20-26)30-15-11-28(12-16-30)25(8)35/h9-16,19-23H,1-8H3. The second-order valence-corrected chi connectivity index (χ2v) is 16.1. The zero-order valence-corrected chi connectivity index (χ0v) is 23.8. The van der Waals surface area contributed by atoms with Crippen molar-refractivity contribution < 1.29 is 9.59 Å². The largest absolute Gasteiger partial charge is 0.295 e. The van der Waals surface area contributed by atoms with Gasteiger partial charge in [-0.15, -0.1) is 5.54 Å². The molecule has 0 fully saturated rings. The van der Waals surface area contributed by atoms with Crippen LogP contribution in [-0.4, -0.2) is 24.6 Å². The van der Waals surface area contributed by atoms with Crippen molar-refractivity contribution in [2.75, 3.05) is 0 Å². The lowest BCUT2D eigenvalue weighted by atomic mass is 10.0. The summed E-state index contributed by atoms with van der Waals surface area (Å²) in [5.41, 5.74) is 11.2. The van der Waals surface area contributed by atoms with Gasteiger partial charge in [-0.05, 0) is 42.6 Å². The van der Waals surface area contributed by atoms with Crippen LogP contribution in [0, 0.1) is 11.5 Å². The van der Waals surface area contributed by atoms with Gasteiger partial charge in [-0.3, -0.25) is 9.59 Å². The van der Waals surface area contributed by atoms with E-state index in [1.54, 1.807) is 13.8 Å². The van der Waals surface area contributed by atoms with Crippen molar-refractivity contribution in [3.8, 4) is 34.0 Å². The topological polar surface area (TPSA) is 47.0 Å². The fourth-order valence-electron chi connectivity index (χ4n) is 5.26. The number of rotatable bonds is 7.